The Kier molecular flexibility index (Phi) is 2.53. The van der Waals surface area contributed by atoms with Crippen LogP contribution in [-0.2, 0) is 12.8 Å². The van der Waals surface area contributed by atoms with Gasteiger partial charge in [-0.2, -0.15) is 4.98 Å². The molecular weight excluding hydrogens is 183 g/mol. The molecule has 2 aromatic rings. The average Bonchev–Trinajstić information content (AvgIpc) is 2.69. The number of halogens is 1. The molecule has 2 rings (SSSR count). The van der Waals surface area contributed by atoms with Crippen LogP contribution in [0.25, 0.3) is 0 Å². The van der Waals surface area contributed by atoms with Gasteiger partial charge in [-0.15, -0.1) is 0 Å². The number of hydrogen-bond acceptors (Lipinski definition) is 3. The van der Waals surface area contributed by atoms with Crippen LogP contribution >= 0.6 is 0 Å². The Morgan fingerprint density at radius 1 is 1.21 bits per heavy atom. The van der Waals surface area contributed by atoms with Gasteiger partial charge in [0.1, 0.15) is 5.82 Å². The van der Waals surface area contributed by atoms with Crippen molar-refractivity contribution >= 4 is 0 Å². The number of nitrogens with zero attached hydrogens (tertiary/aromatic N) is 2. The van der Waals surface area contributed by atoms with E-state index in [1.54, 1.807) is 12.1 Å². The summed E-state index contributed by atoms with van der Waals surface area (Å²) in [5.41, 5.74) is 0.678. The van der Waals surface area contributed by atoms with Crippen LogP contribution in [0.3, 0.4) is 0 Å². The zero-order valence-corrected chi connectivity index (χ0v) is 7.48. The molecule has 0 aliphatic heterocycles. The second kappa shape index (κ2) is 4.00. The van der Waals surface area contributed by atoms with Crippen LogP contribution in [-0.4, -0.2) is 10.1 Å². The van der Waals surface area contributed by atoms with E-state index >= 15 is 0 Å². The van der Waals surface area contributed by atoms with Crippen molar-refractivity contribution in [1.82, 2.24) is 10.1 Å². The summed E-state index contributed by atoms with van der Waals surface area (Å²) in [6.07, 6.45) is 2.46. The van der Waals surface area contributed by atoms with Gasteiger partial charge >= 0.3 is 0 Å². The molecule has 0 unspecified atom stereocenters. The van der Waals surface area contributed by atoms with Gasteiger partial charge in [0, 0.05) is 6.42 Å². The predicted octanol–water partition coefficient (Wildman–Crippen LogP) is 1.99. The van der Waals surface area contributed by atoms with Crippen LogP contribution in [0.1, 0.15) is 11.4 Å². The number of aryl methyl sites for hydroxylation is 2. The summed E-state index contributed by atoms with van der Waals surface area (Å²) in [5.74, 6) is 0.421. The Balaban J connectivity index is 2.02. The Morgan fingerprint density at radius 3 is 2.79 bits per heavy atom. The third kappa shape index (κ3) is 1.96. The molecule has 14 heavy (non-hydrogen) atoms. The Hall–Kier alpha value is -1.71. The molecule has 0 spiro atoms. The van der Waals surface area contributed by atoms with E-state index in [1.807, 2.05) is 6.07 Å². The van der Waals surface area contributed by atoms with Gasteiger partial charge in [0.25, 0.3) is 0 Å². The van der Waals surface area contributed by atoms with Crippen LogP contribution < -0.4 is 0 Å². The first-order valence-corrected chi connectivity index (χ1v) is 4.35. The number of rotatable bonds is 3. The summed E-state index contributed by atoms with van der Waals surface area (Å²) in [4.78, 5) is 3.86. The molecule has 4 heteroatoms. The van der Waals surface area contributed by atoms with Crippen molar-refractivity contribution < 1.29 is 8.91 Å². The van der Waals surface area contributed by atoms with Gasteiger partial charge in [0.15, 0.2) is 5.82 Å². The number of benzene rings is 1. The fourth-order valence-electron chi connectivity index (χ4n) is 1.25. The largest absolute Gasteiger partial charge is 0.343 e. The Labute approximate surface area is 80.6 Å². The predicted molar refractivity (Wildman–Crippen MR) is 48.1 cm³/mol. The van der Waals surface area contributed by atoms with E-state index in [-0.39, 0.29) is 5.82 Å². The lowest BCUT2D eigenvalue weighted by atomic mass is 10.1. The van der Waals surface area contributed by atoms with E-state index < -0.39 is 0 Å². The summed E-state index contributed by atoms with van der Waals surface area (Å²) in [5, 5.41) is 3.65. The first-order valence-electron chi connectivity index (χ1n) is 4.35. The van der Waals surface area contributed by atoms with Crippen molar-refractivity contribution in [2.75, 3.05) is 0 Å². The highest BCUT2D eigenvalue weighted by atomic mass is 19.1. The first kappa shape index (κ1) is 8.87. The van der Waals surface area contributed by atoms with Gasteiger partial charge in [-0.3, -0.25) is 0 Å². The lowest BCUT2D eigenvalue weighted by Crippen LogP contribution is -1.95. The van der Waals surface area contributed by atoms with Crippen molar-refractivity contribution in [3.63, 3.8) is 0 Å². The molecule has 0 radical (unpaired) electrons. The molecule has 1 heterocycles. The highest BCUT2D eigenvalue weighted by molar-refractivity contribution is 5.17. The van der Waals surface area contributed by atoms with E-state index in [2.05, 4.69) is 14.7 Å². The zero-order chi connectivity index (χ0) is 9.80. The number of hydrogen-bond donors (Lipinski definition) is 0. The molecule has 1 aromatic carbocycles. The SMILES string of the molecule is Fc1ccccc1CCc1ncon1. The van der Waals surface area contributed by atoms with Crippen LogP contribution in [0.15, 0.2) is 35.2 Å². The van der Waals surface area contributed by atoms with Crippen LogP contribution in [0, 0.1) is 5.82 Å². The maximum Gasteiger partial charge on any atom is 0.213 e. The monoisotopic (exact) mass is 192 g/mol. The molecule has 0 fully saturated rings. The summed E-state index contributed by atoms with van der Waals surface area (Å²) in [7, 11) is 0. The van der Waals surface area contributed by atoms with Crippen molar-refractivity contribution in [2.24, 2.45) is 0 Å². The van der Waals surface area contributed by atoms with Gasteiger partial charge in [0.05, 0.1) is 0 Å². The minimum atomic E-state index is -0.184. The topological polar surface area (TPSA) is 38.9 Å². The second-order valence-corrected chi connectivity index (χ2v) is 2.94. The third-order valence-electron chi connectivity index (χ3n) is 1.98. The van der Waals surface area contributed by atoms with E-state index in [0.29, 0.717) is 24.2 Å². The molecule has 0 atom stereocenters. The van der Waals surface area contributed by atoms with Gasteiger partial charge in [0.2, 0.25) is 6.39 Å². The van der Waals surface area contributed by atoms with Crippen molar-refractivity contribution in [1.29, 1.82) is 0 Å². The Morgan fingerprint density at radius 2 is 2.07 bits per heavy atom. The standard InChI is InChI=1S/C10H9FN2O/c11-9-4-2-1-3-8(9)5-6-10-12-7-14-13-10/h1-4,7H,5-6H2. The quantitative estimate of drug-likeness (QED) is 0.746. The fraction of sp³-hybridized carbons (Fsp3) is 0.200. The van der Waals surface area contributed by atoms with Crippen molar-refractivity contribution in [3.05, 3.63) is 47.9 Å². The molecule has 3 nitrogen and oxygen atoms in total. The maximum atomic E-state index is 13.2. The molecule has 72 valence electrons. The highest BCUT2D eigenvalue weighted by Gasteiger charge is 2.03. The van der Waals surface area contributed by atoms with Crippen LogP contribution in [0.2, 0.25) is 0 Å². The molecule has 0 aliphatic carbocycles. The van der Waals surface area contributed by atoms with Crippen molar-refractivity contribution in [3.8, 4) is 0 Å². The van der Waals surface area contributed by atoms with E-state index in [1.165, 1.54) is 12.5 Å². The smallest absolute Gasteiger partial charge is 0.213 e. The van der Waals surface area contributed by atoms with Crippen molar-refractivity contribution in [2.45, 2.75) is 12.8 Å². The molecule has 0 amide bonds. The van der Waals surface area contributed by atoms with Crippen LogP contribution in [0.4, 0.5) is 4.39 Å². The summed E-state index contributed by atoms with van der Waals surface area (Å²) in [6.45, 7) is 0. The third-order valence-corrected chi connectivity index (χ3v) is 1.98. The molecule has 0 saturated heterocycles. The summed E-state index contributed by atoms with van der Waals surface area (Å²) < 4.78 is 17.7. The fourth-order valence-corrected chi connectivity index (χ4v) is 1.25. The lowest BCUT2D eigenvalue weighted by Gasteiger charge is -1.99. The maximum absolute atomic E-state index is 13.2. The zero-order valence-electron chi connectivity index (χ0n) is 7.48. The van der Waals surface area contributed by atoms with E-state index in [0.717, 1.165) is 0 Å². The minimum absolute atomic E-state index is 0.184. The van der Waals surface area contributed by atoms with Crippen LogP contribution in [0.5, 0.6) is 0 Å². The molecule has 0 bridgehead atoms. The van der Waals surface area contributed by atoms with Gasteiger partial charge in [-0.1, -0.05) is 23.4 Å². The Bertz CT molecular complexity index is 400. The normalized spacial score (nSPS) is 10.4. The minimum Gasteiger partial charge on any atom is -0.343 e. The molecule has 1 aromatic heterocycles. The lowest BCUT2D eigenvalue weighted by molar-refractivity contribution is 0.409. The number of aromatic nitrogens is 2. The summed E-state index contributed by atoms with van der Waals surface area (Å²) in [6, 6.07) is 6.70. The van der Waals surface area contributed by atoms with Gasteiger partial charge < -0.3 is 4.52 Å². The second-order valence-electron chi connectivity index (χ2n) is 2.94. The molecular formula is C10H9FN2O. The molecule has 0 saturated carbocycles. The molecule has 0 N–H and O–H groups in total. The van der Waals surface area contributed by atoms with Gasteiger partial charge in [-0.05, 0) is 18.1 Å². The average molecular weight is 192 g/mol. The summed E-state index contributed by atoms with van der Waals surface area (Å²) >= 11 is 0. The molecule has 0 aliphatic rings. The first-order chi connectivity index (χ1) is 6.86. The van der Waals surface area contributed by atoms with E-state index in [9.17, 15) is 4.39 Å². The van der Waals surface area contributed by atoms with E-state index in [4.69, 9.17) is 0 Å². The highest BCUT2D eigenvalue weighted by Crippen LogP contribution is 2.08. The van der Waals surface area contributed by atoms with Gasteiger partial charge in [-0.25, -0.2) is 4.39 Å².